The molecule has 2 aromatic carbocycles. The highest BCUT2D eigenvalue weighted by Gasteiger charge is 2.28. The van der Waals surface area contributed by atoms with Gasteiger partial charge in [0.1, 0.15) is 5.82 Å². The van der Waals surface area contributed by atoms with Gasteiger partial charge in [0.2, 0.25) is 0 Å². The number of rotatable bonds is 4. The topological polar surface area (TPSA) is 83.1 Å². The highest BCUT2D eigenvalue weighted by molar-refractivity contribution is 6.30. The number of pyridine rings is 1. The Balaban J connectivity index is 1.27. The molecule has 0 unspecified atom stereocenters. The lowest BCUT2D eigenvalue weighted by molar-refractivity contribution is 0.0935. The van der Waals surface area contributed by atoms with Crippen molar-refractivity contribution in [2.75, 3.05) is 0 Å². The smallest absolute Gasteiger partial charge is 0.333 e. The fourth-order valence-electron chi connectivity index (χ4n) is 4.57. The van der Waals surface area contributed by atoms with Gasteiger partial charge in [-0.05, 0) is 98.5 Å². The first-order chi connectivity index (χ1) is 15.9. The fraction of sp³-hybridized carbons (Fsp3) is 0.320. The van der Waals surface area contributed by atoms with Gasteiger partial charge in [0.05, 0.1) is 5.52 Å². The number of aromatic nitrogens is 1. The predicted octanol–water partition coefficient (Wildman–Crippen LogP) is 5.33. The van der Waals surface area contributed by atoms with E-state index in [-0.39, 0.29) is 11.9 Å². The van der Waals surface area contributed by atoms with E-state index < -0.39 is 11.9 Å². The minimum absolute atomic E-state index is 0.0509. The largest absolute Gasteiger partial charge is 0.334 e. The molecule has 1 aliphatic rings. The number of carbonyl (C=O) groups is 2. The average Bonchev–Trinajstić information content (AvgIpc) is 2.82. The third-order valence-corrected chi connectivity index (χ3v) is 6.66. The standard InChI is InChI=1S/C25H26ClFN4O2/c1-15(29-25(33)31-30-24(32)18-6-8-19(26)9-7-18)16-2-4-17(5-3-16)21-12-13-28-23-11-10-20(27)14-22(21)23/h6-17H,2-5H2,1H3,(H,30,32)(H2,29,31,33)/t15-,16?,17?/m1/s1. The van der Waals surface area contributed by atoms with Crippen molar-refractivity contribution in [3.8, 4) is 0 Å². The summed E-state index contributed by atoms with van der Waals surface area (Å²) in [5.74, 6) is -0.00883. The van der Waals surface area contributed by atoms with E-state index in [2.05, 4.69) is 21.2 Å². The second-order valence-corrected chi connectivity index (χ2v) is 8.96. The molecular formula is C25H26ClFN4O2. The van der Waals surface area contributed by atoms with Crippen LogP contribution in [0.1, 0.15) is 54.4 Å². The molecule has 8 heteroatoms. The molecule has 3 aromatic rings. The zero-order valence-corrected chi connectivity index (χ0v) is 19.0. The van der Waals surface area contributed by atoms with Crippen LogP contribution in [-0.2, 0) is 0 Å². The second-order valence-electron chi connectivity index (χ2n) is 8.52. The van der Waals surface area contributed by atoms with Gasteiger partial charge in [0.25, 0.3) is 5.91 Å². The van der Waals surface area contributed by atoms with Gasteiger partial charge in [-0.25, -0.2) is 14.6 Å². The molecule has 1 heterocycles. The molecule has 0 spiro atoms. The number of hydrazine groups is 1. The van der Waals surface area contributed by atoms with Gasteiger partial charge < -0.3 is 5.32 Å². The first-order valence-corrected chi connectivity index (χ1v) is 11.4. The number of benzene rings is 2. The molecule has 1 saturated carbocycles. The van der Waals surface area contributed by atoms with Crippen LogP contribution in [-0.4, -0.2) is 23.0 Å². The third-order valence-electron chi connectivity index (χ3n) is 6.41. The molecule has 4 rings (SSSR count). The van der Waals surface area contributed by atoms with E-state index in [4.69, 9.17) is 11.6 Å². The van der Waals surface area contributed by atoms with E-state index in [0.717, 1.165) is 42.1 Å². The molecule has 0 saturated heterocycles. The van der Waals surface area contributed by atoms with E-state index in [1.54, 1.807) is 42.6 Å². The first-order valence-electron chi connectivity index (χ1n) is 11.1. The monoisotopic (exact) mass is 468 g/mol. The molecule has 3 N–H and O–H groups in total. The molecule has 0 bridgehead atoms. The number of halogens is 2. The van der Waals surface area contributed by atoms with Crippen molar-refractivity contribution in [2.45, 2.75) is 44.6 Å². The van der Waals surface area contributed by atoms with Crippen molar-refractivity contribution >= 4 is 34.4 Å². The van der Waals surface area contributed by atoms with Crippen LogP contribution in [0.2, 0.25) is 5.02 Å². The molecule has 6 nitrogen and oxygen atoms in total. The zero-order chi connectivity index (χ0) is 23.4. The molecule has 1 aliphatic carbocycles. The molecule has 33 heavy (non-hydrogen) atoms. The zero-order valence-electron chi connectivity index (χ0n) is 18.3. The van der Waals surface area contributed by atoms with Gasteiger partial charge >= 0.3 is 6.03 Å². The van der Waals surface area contributed by atoms with E-state index in [1.807, 2.05) is 13.0 Å². The Morgan fingerprint density at radius 1 is 1.03 bits per heavy atom. The van der Waals surface area contributed by atoms with Crippen LogP contribution in [0.4, 0.5) is 9.18 Å². The Morgan fingerprint density at radius 3 is 2.48 bits per heavy atom. The first kappa shape index (κ1) is 23.0. The van der Waals surface area contributed by atoms with E-state index in [0.29, 0.717) is 22.4 Å². The molecule has 0 radical (unpaired) electrons. The molecule has 1 atom stereocenters. The van der Waals surface area contributed by atoms with Crippen LogP contribution in [0.15, 0.2) is 54.7 Å². The number of hydrogen-bond donors (Lipinski definition) is 3. The Morgan fingerprint density at radius 2 is 1.76 bits per heavy atom. The lowest BCUT2D eigenvalue weighted by Crippen LogP contribution is -2.51. The van der Waals surface area contributed by atoms with Crippen molar-refractivity contribution in [3.63, 3.8) is 0 Å². The third kappa shape index (κ3) is 5.60. The summed E-state index contributed by atoms with van der Waals surface area (Å²) in [5, 5.41) is 4.32. The summed E-state index contributed by atoms with van der Waals surface area (Å²) in [4.78, 5) is 28.7. The number of nitrogens with zero attached hydrogens (tertiary/aromatic N) is 1. The summed E-state index contributed by atoms with van der Waals surface area (Å²) in [6, 6.07) is 12.6. The minimum Gasteiger partial charge on any atom is -0.334 e. The Hall–Kier alpha value is -3.19. The maximum Gasteiger partial charge on any atom is 0.333 e. The van der Waals surface area contributed by atoms with Gasteiger partial charge in [-0.15, -0.1) is 0 Å². The summed E-state index contributed by atoms with van der Waals surface area (Å²) in [6.07, 6.45) is 5.60. The van der Waals surface area contributed by atoms with Crippen LogP contribution < -0.4 is 16.2 Å². The van der Waals surface area contributed by atoms with E-state index in [9.17, 15) is 14.0 Å². The van der Waals surface area contributed by atoms with Crippen molar-refractivity contribution < 1.29 is 14.0 Å². The summed E-state index contributed by atoms with van der Waals surface area (Å²) < 4.78 is 13.8. The lowest BCUT2D eigenvalue weighted by atomic mass is 9.75. The van der Waals surface area contributed by atoms with E-state index >= 15 is 0 Å². The van der Waals surface area contributed by atoms with Gasteiger partial charge in [-0.2, -0.15) is 0 Å². The second kappa shape index (κ2) is 10.2. The highest BCUT2D eigenvalue weighted by atomic mass is 35.5. The van der Waals surface area contributed by atoms with Crippen LogP contribution in [0.5, 0.6) is 0 Å². The van der Waals surface area contributed by atoms with Crippen LogP contribution in [0.25, 0.3) is 10.9 Å². The maximum absolute atomic E-state index is 13.8. The van der Waals surface area contributed by atoms with Crippen molar-refractivity contribution in [1.29, 1.82) is 0 Å². The maximum atomic E-state index is 13.8. The number of fused-ring (bicyclic) bond motifs is 1. The molecular weight excluding hydrogens is 443 g/mol. The summed E-state index contributed by atoms with van der Waals surface area (Å²) in [5.41, 5.74) is 7.14. The van der Waals surface area contributed by atoms with Gasteiger partial charge in [-0.3, -0.25) is 15.2 Å². The van der Waals surface area contributed by atoms with Crippen LogP contribution in [0, 0.1) is 11.7 Å². The Kier molecular flexibility index (Phi) is 7.08. The van der Waals surface area contributed by atoms with Gasteiger partial charge in [0.15, 0.2) is 0 Å². The minimum atomic E-state index is -0.456. The highest BCUT2D eigenvalue weighted by Crippen LogP contribution is 2.39. The molecule has 0 aliphatic heterocycles. The number of hydrogen-bond acceptors (Lipinski definition) is 3. The number of nitrogens with one attached hydrogen (secondary N) is 3. The van der Waals surface area contributed by atoms with Crippen molar-refractivity contribution in [3.05, 3.63) is 76.7 Å². The number of amides is 3. The van der Waals surface area contributed by atoms with Gasteiger partial charge in [0, 0.05) is 28.2 Å². The Labute approximate surface area is 196 Å². The van der Waals surface area contributed by atoms with Crippen LogP contribution in [0.3, 0.4) is 0 Å². The fourth-order valence-corrected chi connectivity index (χ4v) is 4.70. The van der Waals surface area contributed by atoms with Gasteiger partial charge in [-0.1, -0.05) is 11.6 Å². The predicted molar refractivity (Wildman–Crippen MR) is 126 cm³/mol. The summed E-state index contributed by atoms with van der Waals surface area (Å²) in [6.45, 7) is 1.98. The molecule has 172 valence electrons. The summed E-state index contributed by atoms with van der Waals surface area (Å²) in [7, 11) is 0. The normalized spacial score (nSPS) is 19.0. The van der Waals surface area contributed by atoms with Crippen molar-refractivity contribution in [2.24, 2.45) is 5.92 Å². The average molecular weight is 469 g/mol. The quantitative estimate of drug-likeness (QED) is 0.452. The van der Waals surface area contributed by atoms with Crippen LogP contribution >= 0.6 is 11.6 Å². The molecule has 1 aromatic heterocycles. The lowest BCUT2D eigenvalue weighted by Gasteiger charge is -2.33. The number of carbonyl (C=O) groups excluding carboxylic acids is 2. The Bertz CT molecular complexity index is 1150. The SMILES string of the molecule is C[C@@H](NC(=O)NNC(=O)c1ccc(Cl)cc1)C1CCC(c2ccnc3ccc(F)cc23)CC1. The summed E-state index contributed by atoms with van der Waals surface area (Å²) >= 11 is 5.82. The van der Waals surface area contributed by atoms with E-state index in [1.165, 1.54) is 6.07 Å². The van der Waals surface area contributed by atoms with Crippen molar-refractivity contribution in [1.82, 2.24) is 21.2 Å². The number of urea groups is 1. The molecule has 3 amide bonds. The molecule has 1 fully saturated rings.